The molecule has 1 amide bonds. The van der Waals surface area contributed by atoms with Gasteiger partial charge in [0.1, 0.15) is 5.75 Å². The van der Waals surface area contributed by atoms with Crippen LogP contribution < -0.4 is 4.74 Å². The number of carbonyl (C=O) groups is 1. The number of fused-ring (bicyclic) bond motifs is 1. The first-order valence-electron chi connectivity index (χ1n) is 8.76. The van der Waals surface area contributed by atoms with E-state index in [9.17, 15) is 9.90 Å². The average molecular weight is 333 g/mol. The van der Waals surface area contributed by atoms with E-state index in [1.54, 1.807) is 7.11 Å². The van der Waals surface area contributed by atoms with Gasteiger partial charge in [-0.15, -0.1) is 0 Å². The highest BCUT2D eigenvalue weighted by atomic mass is 16.5. The van der Waals surface area contributed by atoms with Gasteiger partial charge in [0.25, 0.3) is 0 Å². The maximum Gasteiger partial charge on any atom is 0.222 e. The number of nitrogens with zero attached hydrogens (tertiary/aromatic N) is 1. The highest BCUT2D eigenvalue weighted by Gasteiger charge is 2.49. The summed E-state index contributed by atoms with van der Waals surface area (Å²) in [5.41, 5.74) is 0.989. The molecule has 2 heterocycles. The second-order valence-electron chi connectivity index (χ2n) is 7.03. The summed E-state index contributed by atoms with van der Waals surface area (Å²) in [5.74, 6) is 1.43. The number of methoxy groups -OCH3 is 1. The van der Waals surface area contributed by atoms with Gasteiger partial charge in [-0.05, 0) is 42.9 Å². The van der Waals surface area contributed by atoms with Crippen LogP contribution in [-0.2, 0) is 16.0 Å². The monoisotopic (exact) mass is 333 g/mol. The highest BCUT2D eigenvalue weighted by Crippen LogP contribution is 2.41. The Labute approximate surface area is 143 Å². The third-order valence-electron chi connectivity index (χ3n) is 5.50. The Bertz CT molecular complexity index is 559. The zero-order valence-corrected chi connectivity index (χ0v) is 14.4. The Morgan fingerprint density at radius 2 is 2.21 bits per heavy atom. The van der Waals surface area contributed by atoms with Crippen LogP contribution >= 0.6 is 0 Å². The van der Waals surface area contributed by atoms with Crippen LogP contribution in [-0.4, -0.2) is 55.9 Å². The molecule has 1 N–H and O–H groups in total. The summed E-state index contributed by atoms with van der Waals surface area (Å²) in [6.45, 7) is 2.82. The zero-order valence-electron chi connectivity index (χ0n) is 14.4. The number of hydrogen-bond acceptors (Lipinski definition) is 4. The minimum absolute atomic E-state index is 0.104. The molecule has 1 aromatic carbocycles. The lowest BCUT2D eigenvalue weighted by atomic mass is 9.76. The van der Waals surface area contributed by atoms with Crippen molar-refractivity contribution in [2.24, 2.45) is 11.3 Å². The number of benzene rings is 1. The van der Waals surface area contributed by atoms with E-state index in [4.69, 9.17) is 9.47 Å². The summed E-state index contributed by atoms with van der Waals surface area (Å²) in [6.07, 6.45) is 3.23. The van der Waals surface area contributed by atoms with Gasteiger partial charge in [-0.1, -0.05) is 12.1 Å². The molecule has 0 radical (unpaired) electrons. The second kappa shape index (κ2) is 7.53. The molecule has 5 nitrogen and oxygen atoms in total. The molecule has 0 bridgehead atoms. The summed E-state index contributed by atoms with van der Waals surface area (Å²) < 4.78 is 10.7. The molecule has 2 fully saturated rings. The molecule has 0 spiro atoms. The van der Waals surface area contributed by atoms with Crippen molar-refractivity contribution < 1.29 is 19.4 Å². The molecule has 0 aliphatic carbocycles. The largest absolute Gasteiger partial charge is 0.497 e. The summed E-state index contributed by atoms with van der Waals surface area (Å²) in [7, 11) is 1.66. The van der Waals surface area contributed by atoms with Crippen LogP contribution in [0.1, 0.15) is 24.8 Å². The molecule has 24 heavy (non-hydrogen) atoms. The molecule has 0 aromatic heterocycles. The number of hydrogen-bond donors (Lipinski definition) is 1. The first-order chi connectivity index (χ1) is 11.7. The lowest BCUT2D eigenvalue weighted by molar-refractivity contribution is -0.131. The Balaban J connectivity index is 1.48. The number of amides is 1. The second-order valence-corrected chi connectivity index (χ2v) is 7.03. The molecule has 2 saturated heterocycles. The van der Waals surface area contributed by atoms with Crippen LogP contribution in [0.15, 0.2) is 24.3 Å². The number of carbonyl (C=O) groups excluding carboxylic acids is 1. The normalized spacial score (nSPS) is 26.2. The maximum absolute atomic E-state index is 12.5. The average Bonchev–Trinajstić information content (AvgIpc) is 3.02. The van der Waals surface area contributed by atoms with Crippen LogP contribution in [0.5, 0.6) is 5.75 Å². The lowest BCUT2D eigenvalue weighted by Crippen LogP contribution is -2.43. The van der Waals surface area contributed by atoms with E-state index in [-0.39, 0.29) is 17.9 Å². The van der Waals surface area contributed by atoms with E-state index in [0.717, 1.165) is 38.2 Å². The van der Waals surface area contributed by atoms with Crippen molar-refractivity contribution in [3.63, 3.8) is 0 Å². The Hall–Kier alpha value is -1.59. The molecule has 132 valence electrons. The Morgan fingerprint density at radius 1 is 1.42 bits per heavy atom. The van der Waals surface area contributed by atoms with E-state index in [0.29, 0.717) is 25.5 Å². The van der Waals surface area contributed by atoms with Crippen molar-refractivity contribution in [1.29, 1.82) is 0 Å². The topological polar surface area (TPSA) is 59.0 Å². The van der Waals surface area contributed by atoms with Crippen LogP contribution in [0.4, 0.5) is 0 Å². The smallest absolute Gasteiger partial charge is 0.222 e. The van der Waals surface area contributed by atoms with Crippen LogP contribution in [0, 0.1) is 11.3 Å². The van der Waals surface area contributed by atoms with E-state index in [2.05, 4.69) is 0 Å². The zero-order chi connectivity index (χ0) is 17.0. The fourth-order valence-corrected chi connectivity index (χ4v) is 3.90. The van der Waals surface area contributed by atoms with Gasteiger partial charge >= 0.3 is 0 Å². The van der Waals surface area contributed by atoms with E-state index >= 15 is 0 Å². The summed E-state index contributed by atoms with van der Waals surface area (Å²) in [5, 5.41) is 9.79. The Kier molecular flexibility index (Phi) is 5.41. The van der Waals surface area contributed by atoms with E-state index < -0.39 is 0 Å². The minimum Gasteiger partial charge on any atom is -0.497 e. The number of aryl methyl sites for hydroxylation is 1. The predicted molar refractivity (Wildman–Crippen MR) is 91.0 cm³/mol. The first kappa shape index (κ1) is 17.2. The van der Waals surface area contributed by atoms with E-state index in [1.165, 1.54) is 5.56 Å². The highest BCUT2D eigenvalue weighted by molar-refractivity contribution is 5.76. The van der Waals surface area contributed by atoms with Gasteiger partial charge in [-0.25, -0.2) is 0 Å². The van der Waals surface area contributed by atoms with Gasteiger partial charge in [0.15, 0.2) is 0 Å². The van der Waals surface area contributed by atoms with Crippen molar-refractivity contribution in [3.05, 3.63) is 29.8 Å². The van der Waals surface area contributed by atoms with Crippen molar-refractivity contribution in [1.82, 2.24) is 4.90 Å². The van der Waals surface area contributed by atoms with E-state index in [1.807, 2.05) is 29.2 Å². The SMILES string of the molecule is COc1ccc(CCCC(=O)N2C[C@@H]3CCOC[C@]3(CO)C2)cc1. The van der Waals surface area contributed by atoms with Gasteiger partial charge in [-0.2, -0.15) is 0 Å². The quantitative estimate of drug-likeness (QED) is 0.863. The fraction of sp³-hybridized carbons (Fsp3) is 0.632. The maximum atomic E-state index is 12.5. The Morgan fingerprint density at radius 3 is 2.88 bits per heavy atom. The molecule has 2 atom stereocenters. The minimum atomic E-state index is -0.232. The van der Waals surface area contributed by atoms with Crippen LogP contribution in [0.2, 0.25) is 0 Å². The van der Waals surface area contributed by atoms with Crippen LogP contribution in [0.3, 0.4) is 0 Å². The van der Waals surface area contributed by atoms with Gasteiger partial charge in [-0.3, -0.25) is 4.79 Å². The number of aliphatic hydroxyl groups is 1. The molecule has 5 heteroatoms. The third kappa shape index (κ3) is 3.57. The number of ether oxygens (including phenoxy) is 2. The molecule has 1 aromatic rings. The number of rotatable bonds is 6. The van der Waals surface area contributed by atoms with Gasteiger partial charge in [0.05, 0.1) is 20.3 Å². The molecular formula is C19H27NO4. The molecule has 2 aliphatic rings. The molecule has 0 saturated carbocycles. The van der Waals surface area contributed by atoms with Gasteiger partial charge in [0.2, 0.25) is 5.91 Å². The molecular weight excluding hydrogens is 306 g/mol. The van der Waals surface area contributed by atoms with Crippen LogP contribution in [0.25, 0.3) is 0 Å². The van der Waals surface area contributed by atoms with Crippen molar-refractivity contribution in [2.45, 2.75) is 25.7 Å². The predicted octanol–water partition coefficient (Wildman–Crippen LogP) is 1.88. The van der Waals surface area contributed by atoms with Crippen molar-refractivity contribution in [3.8, 4) is 5.75 Å². The molecule has 2 aliphatic heterocycles. The van der Waals surface area contributed by atoms with Gasteiger partial charge < -0.3 is 19.5 Å². The summed E-state index contributed by atoms with van der Waals surface area (Å²) >= 11 is 0. The van der Waals surface area contributed by atoms with Crippen molar-refractivity contribution in [2.75, 3.05) is 40.0 Å². The third-order valence-corrected chi connectivity index (χ3v) is 5.50. The lowest BCUT2D eigenvalue weighted by Gasteiger charge is -2.36. The fourth-order valence-electron chi connectivity index (χ4n) is 3.90. The number of likely N-dealkylation sites (tertiary alicyclic amines) is 1. The van der Waals surface area contributed by atoms with Crippen molar-refractivity contribution >= 4 is 5.91 Å². The standard InChI is InChI=1S/C19H27NO4/c1-23-17-7-5-15(6-8-17)3-2-4-18(22)20-11-16-9-10-24-14-19(16,12-20)13-21/h5-8,16,21H,2-4,9-14H2,1H3/t16-,19+/m0/s1. The molecule has 3 rings (SSSR count). The van der Waals surface area contributed by atoms with Gasteiger partial charge in [0, 0.05) is 31.5 Å². The molecule has 0 unspecified atom stereocenters. The summed E-state index contributed by atoms with van der Waals surface area (Å²) in [4.78, 5) is 14.5. The summed E-state index contributed by atoms with van der Waals surface area (Å²) in [6, 6.07) is 8.00. The first-order valence-corrected chi connectivity index (χ1v) is 8.76. The number of aliphatic hydroxyl groups excluding tert-OH is 1.